The zero-order chi connectivity index (χ0) is 24.1. The van der Waals surface area contributed by atoms with Crippen LogP contribution in [0.2, 0.25) is 5.02 Å². The molecule has 0 aliphatic heterocycles. The van der Waals surface area contributed by atoms with Gasteiger partial charge < -0.3 is 14.8 Å². The lowest BCUT2D eigenvalue weighted by molar-refractivity contribution is -0.121. The lowest BCUT2D eigenvalue weighted by atomic mass is 9.87. The Labute approximate surface area is 195 Å². The van der Waals surface area contributed by atoms with Crippen molar-refractivity contribution in [2.24, 2.45) is 0 Å². The second-order valence-corrected chi connectivity index (χ2v) is 10.7. The topological polar surface area (TPSA) is 84.9 Å². The number of methoxy groups -OCH3 is 1. The first-order valence-corrected chi connectivity index (χ1v) is 12.4. The van der Waals surface area contributed by atoms with Crippen LogP contribution in [0.3, 0.4) is 0 Å². The molecule has 0 radical (unpaired) electrons. The number of halogens is 1. The Morgan fingerprint density at radius 3 is 2.28 bits per heavy atom. The number of hydrogen-bond donors (Lipinski definition) is 1. The average Bonchev–Trinajstić information content (AvgIpc) is 2.70. The summed E-state index contributed by atoms with van der Waals surface area (Å²) in [4.78, 5) is 12.6. The van der Waals surface area contributed by atoms with Gasteiger partial charge in [-0.2, -0.15) is 0 Å². The van der Waals surface area contributed by atoms with E-state index in [4.69, 9.17) is 21.1 Å². The molecular formula is C23H31ClN2O5S. The van der Waals surface area contributed by atoms with Crippen LogP contribution in [0.1, 0.15) is 33.3 Å². The van der Waals surface area contributed by atoms with Crippen LogP contribution >= 0.6 is 11.6 Å². The molecule has 0 aliphatic carbocycles. The third-order valence-corrected chi connectivity index (χ3v) is 6.41. The monoisotopic (exact) mass is 482 g/mol. The maximum atomic E-state index is 12.6. The van der Waals surface area contributed by atoms with Crippen molar-refractivity contribution in [1.82, 2.24) is 5.32 Å². The zero-order valence-electron chi connectivity index (χ0n) is 19.3. The van der Waals surface area contributed by atoms with Crippen LogP contribution in [0.25, 0.3) is 0 Å². The molecule has 2 aromatic rings. The van der Waals surface area contributed by atoms with E-state index in [1.807, 2.05) is 24.3 Å². The number of benzene rings is 2. The standard InChI is InChI=1S/C23H31ClN2O5S/c1-16(26(32(6,28)29)18-9-12-21(30-5)20(24)15-18)22(27)25-13-14-31-19-10-7-17(8-11-19)23(2,3)4/h7-12,15-16H,13-14H2,1-6H3,(H,25,27). The van der Waals surface area contributed by atoms with Gasteiger partial charge in [0.25, 0.3) is 0 Å². The van der Waals surface area contributed by atoms with Crippen molar-refractivity contribution in [1.29, 1.82) is 0 Å². The molecule has 0 heterocycles. The van der Waals surface area contributed by atoms with Gasteiger partial charge in [-0.15, -0.1) is 0 Å². The summed E-state index contributed by atoms with van der Waals surface area (Å²) in [7, 11) is -2.28. The lowest BCUT2D eigenvalue weighted by Crippen LogP contribution is -2.48. The third kappa shape index (κ3) is 6.77. The number of hydrogen-bond acceptors (Lipinski definition) is 5. The molecule has 0 saturated carbocycles. The van der Waals surface area contributed by atoms with Crippen LogP contribution in [-0.2, 0) is 20.2 Å². The summed E-state index contributed by atoms with van der Waals surface area (Å²) < 4.78 is 36.6. The third-order valence-electron chi connectivity index (χ3n) is 4.87. The number of nitrogens with zero attached hydrogens (tertiary/aromatic N) is 1. The summed E-state index contributed by atoms with van der Waals surface area (Å²) in [6, 6.07) is 11.4. The van der Waals surface area contributed by atoms with E-state index in [1.54, 1.807) is 12.1 Å². The molecule has 1 unspecified atom stereocenters. The molecule has 1 amide bonds. The van der Waals surface area contributed by atoms with Crippen LogP contribution in [0.4, 0.5) is 5.69 Å². The highest BCUT2D eigenvalue weighted by Crippen LogP contribution is 2.31. The number of carbonyl (C=O) groups excluding carboxylic acids is 1. The van der Waals surface area contributed by atoms with E-state index >= 15 is 0 Å². The van der Waals surface area contributed by atoms with Crippen molar-refractivity contribution in [2.45, 2.75) is 39.2 Å². The number of nitrogens with one attached hydrogen (secondary N) is 1. The van der Waals surface area contributed by atoms with Crippen LogP contribution in [0.15, 0.2) is 42.5 Å². The average molecular weight is 483 g/mol. The van der Waals surface area contributed by atoms with E-state index in [2.05, 4.69) is 26.1 Å². The smallest absolute Gasteiger partial charge is 0.243 e. The van der Waals surface area contributed by atoms with Crippen molar-refractivity contribution in [2.75, 3.05) is 30.8 Å². The van der Waals surface area contributed by atoms with Gasteiger partial charge in [0.1, 0.15) is 24.1 Å². The van der Waals surface area contributed by atoms with Crippen LogP contribution in [0.5, 0.6) is 11.5 Å². The molecule has 0 aromatic heterocycles. The first kappa shape index (κ1) is 25.8. The number of rotatable bonds is 9. The number of carbonyl (C=O) groups is 1. The van der Waals surface area contributed by atoms with Gasteiger partial charge in [-0.05, 0) is 48.2 Å². The molecule has 32 heavy (non-hydrogen) atoms. The molecule has 0 fully saturated rings. The fourth-order valence-corrected chi connectivity index (χ4v) is 4.56. The summed E-state index contributed by atoms with van der Waals surface area (Å²) in [6.07, 6.45) is 1.04. The van der Waals surface area contributed by atoms with Crippen molar-refractivity contribution < 1.29 is 22.7 Å². The minimum absolute atomic E-state index is 0.0578. The number of sulfonamides is 1. The van der Waals surface area contributed by atoms with Gasteiger partial charge in [-0.25, -0.2) is 8.42 Å². The van der Waals surface area contributed by atoms with E-state index in [0.717, 1.165) is 10.6 Å². The van der Waals surface area contributed by atoms with Crippen molar-refractivity contribution in [3.63, 3.8) is 0 Å². The molecule has 1 N–H and O–H groups in total. The Morgan fingerprint density at radius 1 is 1.16 bits per heavy atom. The Balaban J connectivity index is 1.99. The van der Waals surface area contributed by atoms with Crippen molar-refractivity contribution in [3.05, 3.63) is 53.1 Å². The van der Waals surface area contributed by atoms with E-state index in [-0.39, 0.29) is 29.3 Å². The zero-order valence-corrected chi connectivity index (χ0v) is 20.9. The maximum Gasteiger partial charge on any atom is 0.243 e. The van der Waals surface area contributed by atoms with Gasteiger partial charge in [0.05, 0.1) is 30.6 Å². The van der Waals surface area contributed by atoms with E-state index < -0.39 is 22.0 Å². The molecule has 0 bridgehead atoms. The largest absolute Gasteiger partial charge is 0.495 e. The first-order chi connectivity index (χ1) is 14.8. The van der Waals surface area contributed by atoms with Gasteiger partial charge in [0, 0.05) is 0 Å². The van der Waals surface area contributed by atoms with Gasteiger partial charge >= 0.3 is 0 Å². The summed E-state index contributed by atoms with van der Waals surface area (Å²) in [6.45, 7) is 8.41. The highest BCUT2D eigenvalue weighted by molar-refractivity contribution is 7.92. The quantitative estimate of drug-likeness (QED) is 0.546. The van der Waals surface area contributed by atoms with E-state index in [0.29, 0.717) is 11.5 Å². The first-order valence-electron chi connectivity index (χ1n) is 10.2. The summed E-state index contributed by atoms with van der Waals surface area (Å²) >= 11 is 6.14. The maximum absolute atomic E-state index is 12.6. The predicted molar refractivity (Wildman–Crippen MR) is 128 cm³/mol. The highest BCUT2D eigenvalue weighted by Gasteiger charge is 2.29. The fraction of sp³-hybridized carbons (Fsp3) is 0.435. The van der Waals surface area contributed by atoms with Gasteiger partial charge in [-0.1, -0.05) is 44.5 Å². The molecule has 0 aliphatic rings. The van der Waals surface area contributed by atoms with Crippen molar-refractivity contribution in [3.8, 4) is 11.5 Å². The van der Waals surface area contributed by atoms with Crippen LogP contribution < -0.4 is 19.1 Å². The molecule has 0 saturated heterocycles. The van der Waals surface area contributed by atoms with Crippen LogP contribution in [0, 0.1) is 0 Å². The Kier molecular flexibility index (Phi) is 8.42. The number of anilines is 1. The molecular weight excluding hydrogens is 452 g/mol. The lowest BCUT2D eigenvalue weighted by Gasteiger charge is -2.28. The normalized spacial score (nSPS) is 12.7. The molecule has 176 valence electrons. The Bertz CT molecular complexity index is 1030. The molecule has 0 spiro atoms. The molecule has 9 heteroatoms. The SMILES string of the molecule is COc1ccc(N(C(C)C(=O)NCCOc2ccc(C(C)(C)C)cc2)S(C)(=O)=O)cc1Cl. The molecule has 2 aromatic carbocycles. The molecule has 2 rings (SSSR count). The summed E-state index contributed by atoms with van der Waals surface area (Å²) in [5, 5.41) is 2.97. The second-order valence-electron chi connectivity index (χ2n) is 8.47. The molecule has 1 atom stereocenters. The Morgan fingerprint density at radius 2 is 1.78 bits per heavy atom. The second kappa shape index (κ2) is 10.4. The number of amides is 1. The number of ether oxygens (including phenoxy) is 2. The summed E-state index contributed by atoms with van der Waals surface area (Å²) in [5.74, 6) is 0.661. The van der Waals surface area contributed by atoms with E-state index in [9.17, 15) is 13.2 Å². The van der Waals surface area contributed by atoms with Gasteiger partial charge in [0.2, 0.25) is 15.9 Å². The van der Waals surface area contributed by atoms with Gasteiger partial charge in [0.15, 0.2) is 0 Å². The minimum Gasteiger partial charge on any atom is -0.495 e. The minimum atomic E-state index is -3.75. The molecule has 7 nitrogen and oxygen atoms in total. The van der Waals surface area contributed by atoms with Crippen molar-refractivity contribution >= 4 is 33.2 Å². The predicted octanol–water partition coefficient (Wildman–Crippen LogP) is 4.00. The Hall–Kier alpha value is -2.45. The fourth-order valence-electron chi connectivity index (χ4n) is 3.14. The van der Waals surface area contributed by atoms with E-state index in [1.165, 1.54) is 25.7 Å². The highest BCUT2D eigenvalue weighted by atomic mass is 35.5. The van der Waals surface area contributed by atoms with Gasteiger partial charge in [-0.3, -0.25) is 9.10 Å². The van der Waals surface area contributed by atoms with Crippen LogP contribution in [-0.4, -0.2) is 46.9 Å². The summed E-state index contributed by atoms with van der Waals surface area (Å²) in [5.41, 5.74) is 1.53.